The molecule has 166 valence electrons. The van der Waals surface area contributed by atoms with E-state index in [9.17, 15) is 18.0 Å². The standard InChI is InChI=1S/C22H33N3O4S/c1-6-16(3)23-20(26)14-25-19-10-9-17(12-18(19)22(4,5)21(25)27)30(28,29)24-11-7-8-15(2)13-24/h9-10,12,15-16H,6-8,11,13-14H2,1-5H3,(H,23,26)/t15-,16+/m0/s1. The molecule has 1 saturated heterocycles. The Morgan fingerprint density at radius 3 is 2.67 bits per heavy atom. The first-order valence-electron chi connectivity index (χ1n) is 10.7. The molecular formula is C22H33N3O4S. The lowest BCUT2D eigenvalue weighted by atomic mass is 9.86. The van der Waals surface area contributed by atoms with Gasteiger partial charge in [0, 0.05) is 24.8 Å². The Balaban J connectivity index is 1.92. The molecule has 3 rings (SSSR count). The Kier molecular flexibility index (Phi) is 6.30. The first kappa shape index (κ1) is 22.7. The van der Waals surface area contributed by atoms with Crippen LogP contribution < -0.4 is 10.2 Å². The van der Waals surface area contributed by atoms with Gasteiger partial charge < -0.3 is 10.2 Å². The van der Waals surface area contributed by atoms with Gasteiger partial charge in [0.05, 0.1) is 10.3 Å². The molecule has 2 aliphatic heterocycles. The highest BCUT2D eigenvalue weighted by Crippen LogP contribution is 2.42. The molecule has 8 heteroatoms. The fourth-order valence-corrected chi connectivity index (χ4v) is 5.84. The van der Waals surface area contributed by atoms with Crippen LogP contribution in [0.25, 0.3) is 0 Å². The second kappa shape index (κ2) is 8.30. The van der Waals surface area contributed by atoms with E-state index in [1.165, 1.54) is 4.90 Å². The van der Waals surface area contributed by atoms with Crippen molar-refractivity contribution in [2.75, 3.05) is 24.5 Å². The van der Waals surface area contributed by atoms with Crippen LogP contribution in [-0.4, -0.2) is 50.2 Å². The van der Waals surface area contributed by atoms with Crippen LogP contribution in [0, 0.1) is 5.92 Å². The summed E-state index contributed by atoms with van der Waals surface area (Å²) in [6.45, 7) is 10.5. The lowest BCUT2D eigenvalue weighted by Gasteiger charge is -2.30. The van der Waals surface area contributed by atoms with Gasteiger partial charge in [0.25, 0.3) is 0 Å². The van der Waals surface area contributed by atoms with Crippen LogP contribution >= 0.6 is 0 Å². The molecule has 0 saturated carbocycles. The average molecular weight is 436 g/mol. The summed E-state index contributed by atoms with van der Waals surface area (Å²) in [6, 6.07) is 4.87. The summed E-state index contributed by atoms with van der Waals surface area (Å²) in [5, 5.41) is 2.88. The number of fused-ring (bicyclic) bond motifs is 1. The van der Waals surface area contributed by atoms with E-state index in [-0.39, 0.29) is 29.3 Å². The Bertz CT molecular complexity index is 942. The number of nitrogens with one attached hydrogen (secondary N) is 1. The molecule has 0 radical (unpaired) electrons. The van der Waals surface area contributed by atoms with Crippen LogP contribution in [0.4, 0.5) is 5.69 Å². The van der Waals surface area contributed by atoms with Gasteiger partial charge in [-0.25, -0.2) is 8.42 Å². The van der Waals surface area contributed by atoms with Gasteiger partial charge in [-0.3, -0.25) is 9.59 Å². The molecule has 1 N–H and O–H groups in total. The minimum Gasteiger partial charge on any atom is -0.352 e. The molecule has 7 nitrogen and oxygen atoms in total. The van der Waals surface area contributed by atoms with Crippen molar-refractivity contribution < 1.29 is 18.0 Å². The van der Waals surface area contributed by atoms with Crippen molar-refractivity contribution in [2.24, 2.45) is 5.92 Å². The molecule has 1 aromatic rings. The van der Waals surface area contributed by atoms with E-state index in [0.29, 0.717) is 30.3 Å². The maximum Gasteiger partial charge on any atom is 0.243 e. The van der Waals surface area contributed by atoms with Crippen LogP contribution in [0.15, 0.2) is 23.1 Å². The fourth-order valence-electron chi connectivity index (χ4n) is 4.21. The zero-order chi connectivity index (χ0) is 22.3. The highest BCUT2D eigenvalue weighted by Gasteiger charge is 2.45. The van der Waals surface area contributed by atoms with Crippen LogP contribution in [0.3, 0.4) is 0 Å². The number of rotatable bonds is 6. The van der Waals surface area contributed by atoms with Crippen molar-refractivity contribution in [1.82, 2.24) is 9.62 Å². The first-order valence-corrected chi connectivity index (χ1v) is 12.2. The van der Waals surface area contributed by atoms with Gasteiger partial charge in [0.2, 0.25) is 21.8 Å². The lowest BCUT2D eigenvalue weighted by Crippen LogP contribution is -2.44. The maximum absolute atomic E-state index is 13.2. The van der Waals surface area contributed by atoms with E-state index in [4.69, 9.17) is 0 Å². The second-order valence-corrected chi connectivity index (χ2v) is 11.1. The monoisotopic (exact) mass is 435 g/mol. The molecule has 0 aliphatic carbocycles. The van der Waals surface area contributed by atoms with Gasteiger partial charge in [-0.2, -0.15) is 4.31 Å². The third kappa shape index (κ3) is 4.12. The zero-order valence-corrected chi connectivity index (χ0v) is 19.4. The van der Waals surface area contributed by atoms with Crippen molar-refractivity contribution >= 4 is 27.5 Å². The minimum atomic E-state index is -3.62. The minimum absolute atomic E-state index is 0.0298. The molecule has 2 aliphatic rings. The molecule has 1 aromatic carbocycles. The van der Waals surface area contributed by atoms with Crippen LogP contribution in [0.5, 0.6) is 0 Å². The molecule has 0 aromatic heterocycles. The van der Waals surface area contributed by atoms with Crippen LogP contribution in [-0.2, 0) is 25.0 Å². The van der Waals surface area contributed by atoms with Crippen LogP contribution in [0.2, 0.25) is 0 Å². The smallest absolute Gasteiger partial charge is 0.243 e. The van der Waals surface area contributed by atoms with E-state index in [1.54, 1.807) is 36.4 Å². The Labute approximate surface area is 179 Å². The first-order chi connectivity index (χ1) is 14.0. The number of piperidine rings is 1. The summed E-state index contributed by atoms with van der Waals surface area (Å²) in [6.07, 6.45) is 2.69. The SMILES string of the molecule is CC[C@@H](C)NC(=O)CN1C(=O)C(C)(C)c2cc(S(=O)(=O)N3CCC[C@H](C)C3)ccc21. The number of sulfonamides is 1. The lowest BCUT2D eigenvalue weighted by molar-refractivity contribution is -0.125. The summed E-state index contributed by atoms with van der Waals surface area (Å²) in [7, 11) is -3.62. The highest BCUT2D eigenvalue weighted by molar-refractivity contribution is 7.89. The summed E-state index contributed by atoms with van der Waals surface area (Å²) in [5.41, 5.74) is 0.359. The number of benzene rings is 1. The van der Waals surface area contributed by atoms with Crippen LogP contribution in [0.1, 0.15) is 59.4 Å². The highest BCUT2D eigenvalue weighted by atomic mass is 32.2. The van der Waals surface area contributed by atoms with Gasteiger partial charge in [-0.1, -0.05) is 13.8 Å². The molecule has 2 heterocycles. The van der Waals surface area contributed by atoms with E-state index >= 15 is 0 Å². The average Bonchev–Trinajstić information content (AvgIpc) is 2.88. The summed E-state index contributed by atoms with van der Waals surface area (Å²) < 4.78 is 27.9. The van der Waals surface area contributed by atoms with Gasteiger partial charge in [0.1, 0.15) is 6.54 Å². The number of carbonyl (C=O) groups excluding carboxylic acids is 2. The van der Waals surface area contributed by atoms with Crippen molar-refractivity contribution in [3.8, 4) is 0 Å². The number of hydrogen-bond acceptors (Lipinski definition) is 4. The van der Waals surface area contributed by atoms with Gasteiger partial charge in [-0.05, 0) is 69.7 Å². The van der Waals surface area contributed by atoms with E-state index in [2.05, 4.69) is 12.2 Å². The van der Waals surface area contributed by atoms with Gasteiger partial charge in [-0.15, -0.1) is 0 Å². The molecule has 2 amide bonds. The normalized spacial score (nSPS) is 22.6. The molecule has 0 unspecified atom stereocenters. The number of anilines is 1. The predicted octanol–water partition coefficient (Wildman–Crippen LogP) is 2.65. The van der Waals surface area contributed by atoms with E-state index in [1.807, 2.05) is 13.8 Å². The molecule has 2 atom stereocenters. The number of nitrogens with zero attached hydrogens (tertiary/aromatic N) is 2. The summed E-state index contributed by atoms with van der Waals surface area (Å²) >= 11 is 0. The largest absolute Gasteiger partial charge is 0.352 e. The Morgan fingerprint density at radius 2 is 2.03 bits per heavy atom. The third-order valence-electron chi connectivity index (χ3n) is 6.29. The maximum atomic E-state index is 13.2. The molecule has 0 spiro atoms. The van der Waals surface area contributed by atoms with Crippen molar-refractivity contribution in [3.63, 3.8) is 0 Å². The topological polar surface area (TPSA) is 86.8 Å². The van der Waals surface area contributed by atoms with E-state index < -0.39 is 15.4 Å². The van der Waals surface area contributed by atoms with Gasteiger partial charge in [0.15, 0.2) is 0 Å². The fraction of sp³-hybridized carbons (Fsp3) is 0.636. The van der Waals surface area contributed by atoms with E-state index in [0.717, 1.165) is 19.3 Å². The summed E-state index contributed by atoms with van der Waals surface area (Å²) in [5.74, 6) is -0.0845. The van der Waals surface area contributed by atoms with Crippen molar-refractivity contribution in [2.45, 2.75) is 70.2 Å². The van der Waals surface area contributed by atoms with Crippen molar-refractivity contribution in [3.05, 3.63) is 23.8 Å². The molecule has 0 bridgehead atoms. The number of amides is 2. The summed E-state index contributed by atoms with van der Waals surface area (Å²) in [4.78, 5) is 27.1. The quantitative estimate of drug-likeness (QED) is 0.744. The number of hydrogen-bond donors (Lipinski definition) is 1. The predicted molar refractivity (Wildman–Crippen MR) is 117 cm³/mol. The molecular weight excluding hydrogens is 402 g/mol. The Hall–Kier alpha value is -1.93. The molecule has 30 heavy (non-hydrogen) atoms. The van der Waals surface area contributed by atoms with Gasteiger partial charge >= 0.3 is 0 Å². The number of carbonyl (C=O) groups is 2. The van der Waals surface area contributed by atoms with Crippen molar-refractivity contribution in [1.29, 1.82) is 0 Å². The second-order valence-electron chi connectivity index (χ2n) is 9.18. The zero-order valence-electron chi connectivity index (χ0n) is 18.6. The molecule has 1 fully saturated rings. The third-order valence-corrected chi connectivity index (χ3v) is 8.15. The Morgan fingerprint density at radius 1 is 1.33 bits per heavy atom.